The molecule has 2 rings (SSSR count). The van der Waals surface area contributed by atoms with Crippen molar-refractivity contribution in [2.75, 3.05) is 20.3 Å². The summed E-state index contributed by atoms with van der Waals surface area (Å²) in [6.07, 6.45) is 0.725. The minimum absolute atomic E-state index is 0.208. The summed E-state index contributed by atoms with van der Waals surface area (Å²) < 4.78 is 10.7. The Morgan fingerprint density at radius 2 is 1.69 bits per heavy atom. The number of hydrogen-bond donors (Lipinski definition) is 0. The van der Waals surface area contributed by atoms with Crippen molar-refractivity contribution < 1.29 is 19.1 Å². The highest BCUT2D eigenvalue weighted by molar-refractivity contribution is 5.80. The summed E-state index contributed by atoms with van der Waals surface area (Å²) >= 11 is 0. The van der Waals surface area contributed by atoms with Crippen molar-refractivity contribution >= 4 is 11.9 Å². The topological polar surface area (TPSA) is 55.8 Å². The normalized spacial score (nSPS) is 10.2. The maximum Gasteiger partial charge on any atom is 0.306 e. The molecule has 0 spiro atoms. The van der Waals surface area contributed by atoms with Gasteiger partial charge in [0.05, 0.1) is 6.61 Å². The van der Waals surface area contributed by atoms with Crippen LogP contribution in [0, 0.1) is 0 Å². The van der Waals surface area contributed by atoms with Crippen molar-refractivity contribution in [2.24, 2.45) is 0 Å². The highest BCUT2D eigenvalue weighted by Gasteiger charge is 2.13. The van der Waals surface area contributed by atoms with Crippen LogP contribution in [0.25, 0.3) is 0 Å². The predicted octanol–water partition coefficient (Wildman–Crippen LogP) is 3.22. The Morgan fingerprint density at radius 3 is 2.42 bits per heavy atom. The van der Waals surface area contributed by atoms with Crippen LogP contribution in [0.5, 0.6) is 5.75 Å². The molecule has 2 aromatic carbocycles. The number of ether oxygens (including phenoxy) is 2. The highest BCUT2D eigenvalue weighted by atomic mass is 16.5. The average Bonchev–Trinajstić information content (AvgIpc) is 2.66. The van der Waals surface area contributed by atoms with Crippen LogP contribution in [-0.2, 0) is 27.3 Å². The molecule has 0 N–H and O–H groups in total. The summed E-state index contributed by atoms with van der Waals surface area (Å²) in [6.45, 7) is 2.74. The van der Waals surface area contributed by atoms with Gasteiger partial charge in [0, 0.05) is 20.0 Å². The molecule has 0 radical (unpaired) electrons. The number of carbonyl (C=O) groups excluding carboxylic acids is 2. The molecule has 0 aliphatic heterocycles. The first kappa shape index (κ1) is 19.5. The van der Waals surface area contributed by atoms with Crippen LogP contribution in [-0.4, -0.2) is 37.0 Å². The second-order valence-corrected chi connectivity index (χ2v) is 5.94. The largest absolute Gasteiger partial charge is 0.494 e. The van der Waals surface area contributed by atoms with Crippen LogP contribution >= 0.6 is 0 Å². The molecule has 5 nitrogen and oxygen atoms in total. The molecular weight excluding hydrogens is 330 g/mol. The van der Waals surface area contributed by atoms with E-state index in [-0.39, 0.29) is 18.9 Å². The third-order valence-corrected chi connectivity index (χ3v) is 3.92. The first-order valence-electron chi connectivity index (χ1n) is 8.74. The van der Waals surface area contributed by atoms with Crippen molar-refractivity contribution in [2.45, 2.75) is 26.3 Å². The lowest BCUT2D eigenvalue weighted by atomic mass is 10.1. The van der Waals surface area contributed by atoms with E-state index in [0.717, 1.165) is 16.9 Å². The van der Waals surface area contributed by atoms with Gasteiger partial charge in [0.15, 0.2) is 6.61 Å². The van der Waals surface area contributed by atoms with Crippen LogP contribution in [0.4, 0.5) is 0 Å². The molecule has 0 aromatic heterocycles. The van der Waals surface area contributed by atoms with Crippen molar-refractivity contribution in [1.82, 2.24) is 4.90 Å². The van der Waals surface area contributed by atoms with E-state index in [4.69, 9.17) is 9.47 Å². The Hall–Kier alpha value is -2.82. The summed E-state index contributed by atoms with van der Waals surface area (Å²) in [5.41, 5.74) is 1.99. The number of para-hydroxylation sites is 1. The van der Waals surface area contributed by atoms with Crippen molar-refractivity contribution in [3.05, 3.63) is 65.7 Å². The Bertz CT molecular complexity index is 715. The van der Waals surface area contributed by atoms with Crippen LogP contribution in [0.15, 0.2) is 54.6 Å². The maximum atomic E-state index is 12.1. The second kappa shape index (κ2) is 10.2. The van der Waals surface area contributed by atoms with E-state index < -0.39 is 5.97 Å². The molecule has 0 aliphatic carbocycles. The number of rotatable bonds is 9. The van der Waals surface area contributed by atoms with E-state index in [2.05, 4.69) is 0 Å². The van der Waals surface area contributed by atoms with Gasteiger partial charge in [-0.25, -0.2) is 0 Å². The van der Waals surface area contributed by atoms with Gasteiger partial charge in [-0.3, -0.25) is 9.59 Å². The minimum atomic E-state index is -0.391. The van der Waals surface area contributed by atoms with E-state index in [9.17, 15) is 9.59 Å². The standard InChI is InChI=1S/C21H25NO4/c1-3-25-19-12-8-7-11-18(19)13-14-21(24)26-16-20(23)22(2)15-17-9-5-4-6-10-17/h4-12H,3,13-16H2,1-2H3. The monoisotopic (exact) mass is 355 g/mol. The number of benzene rings is 2. The lowest BCUT2D eigenvalue weighted by Crippen LogP contribution is -2.30. The molecule has 0 saturated carbocycles. The molecule has 0 fully saturated rings. The van der Waals surface area contributed by atoms with Crippen LogP contribution < -0.4 is 4.74 Å². The number of esters is 1. The molecule has 5 heteroatoms. The summed E-state index contributed by atoms with van der Waals surface area (Å²) in [4.78, 5) is 25.6. The number of likely N-dealkylation sites (N-methyl/N-ethyl adjacent to an activating group) is 1. The van der Waals surface area contributed by atoms with Gasteiger partial charge in [0.2, 0.25) is 0 Å². The fourth-order valence-electron chi connectivity index (χ4n) is 2.51. The summed E-state index contributed by atoms with van der Waals surface area (Å²) in [5, 5.41) is 0. The third kappa shape index (κ3) is 6.24. The van der Waals surface area contributed by atoms with Gasteiger partial charge in [0.1, 0.15) is 5.75 Å². The number of amides is 1. The average molecular weight is 355 g/mol. The van der Waals surface area contributed by atoms with E-state index in [0.29, 0.717) is 19.6 Å². The quantitative estimate of drug-likeness (QED) is 0.648. The van der Waals surface area contributed by atoms with Crippen molar-refractivity contribution in [1.29, 1.82) is 0 Å². The first-order chi connectivity index (χ1) is 12.6. The van der Waals surface area contributed by atoms with Crippen molar-refractivity contribution in [3.8, 4) is 5.75 Å². The van der Waals surface area contributed by atoms with Gasteiger partial charge >= 0.3 is 5.97 Å². The second-order valence-electron chi connectivity index (χ2n) is 5.94. The summed E-state index contributed by atoms with van der Waals surface area (Å²) in [6, 6.07) is 17.3. The lowest BCUT2D eigenvalue weighted by molar-refractivity contribution is -0.151. The van der Waals surface area contributed by atoms with Gasteiger partial charge in [-0.05, 0) is 30.5 Å². The number of carbonyl (C=O) groups is 2. The van der Waals surface area contributed by atoms with Gasteiger partial charge in [-0.1, -0.05) is 48.5 Å². The number of aryl methyl sites for hydroxylation is 1. The first-order valence-corrected chi connectivity index (χ1v) is 8.74. The third-order valence-electron chi connectivity index (χ3n) is 3.92. The smallest absolute Gasteiger partial charge is 0.306 e. The van der Waals surface area contributed by atoms with Crippen LogP contribution in [0.2, 0.25) is 0 Å². The van der Waals surface area contributed by atoms with E-state index in [1.807, 2.05) is 61.5 Å². The Kier molecular flexibility index (Phi) is 7.68. The number of nitrogens with zero attached hydrogens (tertiary/aromatic N) is 1. The van der Waals surface area contributed by atoms with Crippen LogP contribution in [0.3, 0.4) is 0 Å². The SMILES string of the molecule is CCOc1ccccc1CCC(=O)OCC(=O)N(C)Cc1ccccc1. The zero-order valence-corrected chi connectivity index (χ0v) is 15.3. The maximum absolute atomic E-state index is 12.1. The van der Waals surface area contributed by atoms with E-state index in [1.54, 1.807) is 11.9 Å². The Labute approximate surface area is 154 Å². The Morgan fingerprint density at radius 1 is 1.00 bits per heavy atom. The zero-order chi connectivity index (χ0) is 18.8. The van der Waals surface area contributed by atoms with Gasteiger partial charge in [0.25, 0.3) is 5.91 Å². The molecule has 138 valence electrons. The molecule has 0 atom stereocenters. The zero-order valence-electron chi connectivity index (χ0n) is 15.3. The molecule has 1 amide bonds. The lowest BCUT2D eigenvalue weighted by Gasteiger charge is -2.17. The summed E-state index contributed by atoms with van der Waals surface area (Å²) in [7, 11) is 1.70. The fourth-order valence-corrected chi connectivity index (χ4v) is 2.51. The van der Waals surface area contributed by atoms with Crippen molar-refractivity contribution in [3.63, 3.8) is 0 Å². The fraction of sp³-hybridized carbons (Fsp3) is 0.333. The summed E-state index contributed by atoms with van der Waals surface area (Å²) in [5.74, 6) is 0.163. The molecule has 2 aromatic rings. The molecular formula is C21H25NO4. The highest BCUT2D eigenvalue weighted by Crippen LogP contribution is 2.19. The molecule has 0 saturated heterocycles. The molecule has 0 unspecified atom stereocenters. The minimum Gasteiger partial charge on any atom is -0.494 e. The van der Waals surface area contributed by atoms with E-state index >= 15 is 0 Å². The predicted molar refractivity (Wildman–Crippen MR) is 99.8 cm³/mol. The molecule has 26 heavy (non-hydrogen) atoms. The number of hydrogen-bond acceptors (Lipinski definition) is 4. The van der Waals surface area contributed by atoms with Gasteiger partial charge in [-0.2, -0.15) is 0 Å². The molecule has 0 heterocycles. The Balaban J connectivity index is 1.75. The van der Waals surface area contributed by atoms with Crippen LogP contribution in [0.1, 0.15) is 24.5 Å². The van der Waals surface area contributed by atoms with E-state index in [1.165, 1.54) is 0 Å². The van der Waals surface area contributed by atoms with Gasteiger partial charge < -0.3 is 14.4 Å². The molecule has 0 bridgehead atoms. The molecule has 0 aliphatic rings. The van der Waals surface area contributed by atoms with Gasteiger partial charge in [-0.15, -0.1) is 0 Å².